The Kier molecular flexibility index (Phi) is 4.29. The van der Waals surface area contributed by atoms with Crippen LogP contribution in [-0.4, -0.2) is 20.4 Å². The molecule has 0 atom stereocenters. The minimum atomic E-state index is -0.171. The van der Waals surface area contributed by atoms with Gasteiger partial charge in [0.1, 0.15) is 5.82 Å². The number of aryl methyl sites for hydroxylation is 2. The monoisotopic (exact) mass is 392 g/mol. The molecule has 5 heteroatoms. The van der Waals surface area contributed by atoms with Gasteiger partial charge in [-0.1, -0.05) is 60.7 Å². The Morgan fingerprint density at radius 2 is 1.53 bits per heavy atom. The van der Waals surface area contributed by atoms with Gasteiger partial charge in [0.25, 0.3) is 5.56 Å². The van der Waals surface area contributed by atoms with Gasteiger partial charge in [0.05, 0.1) is 22.8 Å². The van der Waals surface area contributed by atoms with Crippen molar-refractivity contribution in [3.05, 3.63) is 101 Å². The van der Waals surface area contributed by atoms with Gasteiger partial charge in [-0.2, -0.15) is 9.78 Å². The van der Waals surface area contributed by atoms with E-state index in [1.54, 1.807) is 19.2 Å². The molecule has 0 fully saturated rings. The van der Waals surface area contributed by atoms with Gasteiger partial charge in [-0.15, -0.1) is 0 Å². The lowest BCUT2D eigenvalue weighted by Gasteiger charge is -2.07. The molecule has 0 aliphatic carbocycles. The van der Waals surface area contributed by atoms with E-state index in [0.717, 1.165) is 27.7 Å². The Bertz CT molecular complexity index is 1480. The van der Waals surface area contributed by atoms with Crippen LogP contribution < -0.4 is 5.56 Å². The molecule has 0 bridgehead atoms. The van der Waals surface area contributed by atoms with Gasteiger partial charge in [-0.3, -0.25) is 4.79 Å². The van der Waals surface area contributed by atoms with Gasteiger partial charge in [0.2, 0.25) is 0 Å². The van der Waals surface area contributed by atoms with Gasteiger partial charge in [-0.25, -0.2) is 4.98 Å². The quantitative estimate of drug-likeness (QED) is 0.416. The summed E-state index contributed by atoms with van der Waals surface area (Å²) in [5, 5.41) is 6.22. The minimum Gasteiger partial charge on any atom is -0.343 e. The van der Waals surface area contributed by atoms with Crippen LogP contribution in [-0.2, 0) is 7.05 Å². The standard InChI is InChI=1S/C25H20N4O/c1-17-27-22-14-8-6-13-20(22)25(30)29(17)26-16-21-19-12-7-9-15-23(19)28(2)24(21)18-10-4-3-5-11-18/h3-16H,1-2H3. The molecule has 0 radical (unpaired) electrons. The Labute approximate surface area is 173 Å². The Hall–Kier alpha value is -3.99. The molecule has 0 spiro atoms. The summed E-state index contributed by atoms with van der Waals surface area (Å²) >= 11 is 0. The fraction of sp³-hybridized carbons (Fsp3) is 0.0800. The molecule has 0 N–H and O–H groups in total. The van der Waals surface area contributed by atoms with Crippen molar-refractivity contribution in [3.8, 4) is 11.3 Å². The maximum absolute atomic E-state index is 13.0. The highest BCUT2D eigenvalue weighted by Crippen LogP contribution is 2.31. The first kappa shape index (κ1) is 18.1. The van der Waals surface area contributed by atoms with E-state index in [9.17, 15) is 4.79 Å². The average Bonchev–Trinajstić information content (AvgIpc) is 3.06. The van der Waals surface area contributed by atoms with Crippen LogP contribution >= 0.6 is 0 Å². The van der Waals surface area contributed by atoms with Crippen molar-refractivity contribution in [2.24, 2.45) is 12.1 Å². The molecule has 0 saturated heterocycles. The first-order valence-corrected chi connectivity index (χ1v) is 9.81. The van der Waals surface area contributed by atoms with E-state index in [1.807, 2.05) is 48.5 Å². The Morgan fingerprint density at radius 3 is 2.33 bits per heavy atom. The zero-order chi connectivity index (χ0) is 20.7. The SMILES string of the molecule is Cc1nc2ccccc2c(=O)n1N=Cc1c(-c2ccccc2)n(C)c2ccccc12. The number of hydrogen-bond donors (Lipinski definition) is 0. The van der Waals surface area contributed by atoms with Crippen molar-refractivity contribution in [3.63, 3.8) is 0 Å². The zero-order valence-corrected chi connectivity index (χ0v) is 16.8. The van der Waals surface area contributed by atoms with Crippen LogP contribution in [0.5, 0.6) is 0 Å². The molecular formula is C25H20N4O. The molecule has 30 heavy (non-hydrogen) atoms. The fourth-order valence-corrected chi connectivity index (χ4v) is 3.98. The van der Waals surface area contributed by atoms with Gasteiger partial charge < -0.3 is 4.57 Å². The molecule has 5 aromatic rings. The fourth-order valence-electron chi connectivity index (χ4n) is 3.98. The summed E-state index contributed by atoms with van der Waals surface area (Å²) in [5.41, 5.74) is 4.74. The third-order valence-corrected chi connectivity index (χ3v) is 5.41. The number of nitrogens with zero attached hydrogens (tertiary/aromatic N) is 4. The molecule has 5 nitrogen and oxygen atoms in total. The van der Waals surface area contributed by atoms with Crippen LogP contribution in [0.1, 0.15) is 11.4 Å². The third kappa shape index (κ3) is 2.83. The van der Waals surface area contributed by atoms with Gasteiger partial charge >= 0.3 is 0 Å². The van der Waals surface area contributed by atoms with Crippen molar-refractivity contribution < 1.29 is 0 Å². The van der Waals surface area contributed by atoms with Gasteiger partial charge in [-0.05, 0) is 30.7 Å². The predicted octanol–water partition coefficient (Wildman–Crippen LogP) is 4.75. The number of para-hydroxylation sites is 2. The highest BCUT2D eigenvalue weighted by molar-refractivity contribution is 6.06. The van der Waals surface area contributed by atoms with E-state index in [0.29, 0.717) is 16.7 Å². The highest BCUT2D eigenvalue weighted by Gasteiger charge is 2.15. The summed E-state index contributed by atoms with van der Waals surface area (Å²) < 4.78 is 3.54. The Morgan fingerprint density at radius 1 is 0.867 bits per heavy atom. The van der Waals surface area contributed by atoms with E-state index in [4.69, 9.17) is 0 Å². The summed E-state index contributed by atoms with van der Waals surface area (Å²) in [5.74, 6) is 0.552. The van der Waals surface area contributed by atoms with Crippen LogP contribution in [0.4, 0.5) is 0 Å². The first-order chi connectivity index (χ1) is 14.6. The van der Waals surface area contributed by atoms with Gasteiger partial charge in [0.15, 0.2) is 0 Å². The lowest BCUT2D eigenvalue weighted by molar-refractivity contribution is 0.771. The normalized spacial score (nSPS) is 11.7. The minimum absolute atomic E-state index is 0.171. The predicted molar refractivity (Wildman–Crippen MR) is 122 cm³/mol. The molecular weight excluding hydrogens is 372 g/mol. The lowest BCUT2D eigenvalue weighted by atomic mass is 10.1. The van der Waals surface area contributed by atoms with Crippen LogP contribution in [0.15, 0.2) is 88.8 Å². The molecule has 5 rings (SSSR count). The Balaban J connectivity index is 1.75. The molecule has 0 aliphatic heterocycles. The molecule has 2 heterocycles. The maximum atomic E-state index is 13.0. The van der Waals surface area contributed by atoms with Crippen LogP contribution in [0, 0.1) is 6.92 Å². The van der Waals surface area contributed by atoms with Crippen LogP contribution in [0.25, 0.3) is 33.1 Å². The van der Waals surface area contributed by atoms with Crippen molar-refractivity contribution in [1.29, 1.82) is 0 Å². The highest BCUT2D eigenvalue weighted by atomic mass is 16.1. The molecule has 0 aliphatic rings. The molecule has 0 amide bonds. The van der Waals surface area contributed by atoms with E-state index < -0.39 is 0 Å². The van der Waals surface area contributed by atoms with Crippen molar-refractivity contribution >= 4 is 28.0 Å². The second-order valence-corrected chi connectivity index (χ2v) is 7.24. The molecule has 0 unspecified atom stereocenters. The van der Waals surface area contributed by atoms with Crippen molar-refractivity contribution in [1.82, 2.24) is 14.2 Å². The third-order valence-electron chi connectivity index (χ3n) is 5.41. The number of benzene rings is 3. The van der Waals surface area contributed by atoms with E-state index >= 15 is 0 Å². The van der Waals surface area contributed by atoms with Crippen molar-refractivity contribution in [2.45, 2.75) is 6.92 Å². The number of aromatic nitrogens is 3. The molecule has 3 aromatic carbocycles. The summed E-state index contributed by atoms with van der Waals surface area (Å²) in [4.78, 5) is 17.5. The topological polar surface area (TPSA) is 52.2 Å². The number of rotatable bonds is 3. The zero-order valence-electron chi connectivity index (χ0n) is 16.8. The second kappa shape index (κ2) is 7.12. The number of fused-ring (bicyclic) bond motifs is 2. The van der Waals surface area contributed by atoms with Crippen LogP contribution in [0.2, 0.25) is 0 Å². The average molecular weight is 392 g/mol. The summed E-state index contributed by atoms with van der Waals surface area (Å²) in [7, 11) is 2.05. The molecule has 2 aromatic heterocycles. The van der Waals surface area contributed by atoms with Crippen LogP contribution in [0.3, 0.4) is 0 Å². The largest absolute Gasteiger partial charge is 0.343 e. The van der Waals surface area contributed by atoms with E-state index in [-0.39, 0.29) is 5.56 Å². The maximum Gasteiger partial charge on any atom is 0.282 e. The van der Waals surface area contributed by atoms with E-state index in [2.05, 4.69) is 46.0 Å². The second-order valence-electron chi connectivity index (χ2n) is 7.24. The van der Waals surface area contributed by atoms with E-state index in [1.165, 1.54) is 4.68 Å². The lowest BCUT2D eigenvalue weighted by Crippen LogP contribution is -2.20. The first-order valence-electron chi connectivity index (χ1n) is 9.81. The smallest absolute Gasteiger partial charge is 0.282 e. The van der Waals surface area contributed by atoms with Crippen molar-refractivity contribution in [2.75, 3.05) is 0 Å². The molecule has 146 valence electrons. The number of hydrogen-bond acceptors (Lipinski definition) is 3. The summed E-state index contributed by atoms with van der Waals surface area (Å²) in [6.07, 6.45) is 1.77. The summed E-state index contributed by atoms with van der Waals surface area (Å²) in [6, 6.07) is 25.8. The molecule has 0 saturated carbocycles. The van der Waals surface area contributed by atoms with Gasteiger partial charge in [0, 0.05) is 23.5 Å². The summed E-state index contributed by atoms with van der Waals surface area (Å²) in [6.45, 7) is 1.80.